The molecule has 0 bridgehead atoms. The number of amides is 1. The second-order valence-electron chi connectivity index (χ2n) is 5.57. The van der Waals surface area contributed by atoms with Gasteiger partial charge in [-0.3, -0.25) is 4.79 Å². The van der Waals surface area contributed by atoms with E-state index in [9.17, 15) is 4.79 Å². The summed E-state index contributed by atoms with van der Waals surface area (Å²) in [6, 6.07) is 18.3. The van der Waals surface area contributed by atoms with Gasteiger partial charge in [-0.2, -0.15) is 0 Å². The van der Waals surface area contributed by atoms with E-state index in [4.69, 9.17) is 14.3 Å². The molecule has 0 atom stereocenters. The summed E-state index contributed by atoms with van der Waals surface area (Å²) in [4.78, 5) is 12.1. The second kappa shape index (κ2) is 7.68. The standard InChI is InChI=1S/C20H19NO4/c1-24-17-8-2-14(3-9-17)12-20(23)21-16-6-4-15(5-7-16)19-11-10-18(13-22)25-19/h2-11,22H,12-13H2,1H3,(H,21,23). The Kier molecular flexibility index (Phi) is 5.16. The Hall–Kier alpha value is -3.05. The number of carbonyl (C=O) groups excluding carboxylic acids is 1. The highest BCUT2D eigenvalue weighted by Crippen LogP contribution is 2.24. The summed E-state index contributed by atoms with van der Waals surface area (Å²) in [5.74, 6) is 1.88. The molecule has 128 valence electrons. The normalized spacial score (nSPS) is 10.5. The van der Waals surface area contributed by atoms with Crippen molar-refractivity contribution in [2.45, 2.75) is 13.0 Å². The lowest BCUT2D eigenvalue weighted by atomic mass is 10.1. The predicted molar refractivity (Wildman–Crippen MR) is 95.4 cm³/mol. The van der Waals surface area contributed by atoms with Crippen molar-refractivity contribution in [3.05, 3.63) is 72.0 Å². The summed E-state index contributed by atoms with van der Waals surface area (Å²) >= 11 is 0. The van der Waals surface area contributed by atoms with Gasteiger partial charge in [0.15, 0.2) is 0 Å². The van der Waals surface area contributed by atoms with Gasteiger partial charge in [-0.25, -0.2) is 0 Å². The van der Waals surface area contributed by atoms with Crippen LogP contribution in [0.4, 0.5) is 5.69 Å². The van der Waals surface area contributed by atoms with Crippen molar-refractivity contribution >= 4 is 11.6 Å². The van der Waals surface area contributed by atoms with Crippen LogP contribution >= 0.6 is 0 Å². The van der Waals surface area contributed by atoms with E-state index in [1.54, 1.807) is 13.2 Å². The average molecular weight is 337 g/mol. The topological polar surface area (TPSA) is 71.7 Å². The number of furan rings is 1. The molecule has 0 saturated carbocycles. The number of benzene rings is 2. The highest BCUT2D eigenvalue weighted by atomic mass is 16.5. The zero-order valence-corrected chi connectivity index (χ0v) is 13.9. The molecule has 2 N–H and O–H groups in total. The van der Waals surface area contributed by atoms with Crippen molar-refractivity contribution in [3.63, 3.8) is 0 Å². The number of methoxy groups -OCH3 is 1. The molecule has 0 spiro atoms. The maximum atomic E-state index is 12.1. The van der Waals surface area contributed by atoms with Gasteiger partial charge in [0.1, 0.15) is 23.9 Å². The molecule has 2 aromatic carbocycles. The summed E-state index contributed by atoms with van der Waals surface area (Å²) in [5.41, 5.74) is 2.52. The molecule has 5 heteroatoms. The van der Waals surface area contributed by atoms with Gasteiger partial charge >= 0.3 is 0 Å². The molecule has 1 amide bonds. The Morgan fingerprint density at radius 3 is 2.36 bits per heavy atom. The van der Waals surface area contributed by atoms with Crippen molar-refractivity contribution in [1.82, 2.24) is 0 Å². The minimum atomic E-state index is -0.125. The maximum absolute atomic E-state index is 12.1. The molecule has 0 radical (unpaired) electrons. The van der Waals surface area contributed by atoms with Gasteiger partial charge in [0.25, 0.3) is 0 Å². The molecule has 0 saturated heterocycles. The lowest BCUT2D eigenvalue weighted by Gasteiger charge is -2.07. The van der Waals surface area contributed by atoms with Crippen LogP contribution in [0.5, 0.6) is 5.75 Å². The molecule has 3 aromatic rings. The molecule has 3 rings (SSSR count). The fourth-order valence-corrected chi connectivity index (χ4v) is 2.47. The van der Waals surface area contributed by atoms with Crippen LogP contribution in [0.15, 0.2) is 65.1 Å². The number of carbonyl (C=O) groups is 1. The van der Waals surface area contributed by atoms with Gasteiger partial charge in [0, 0.05) is 11.3 Å². The maximum Gasteiger partial charge on any atom is 0.228 e. The van der Waals surface area contributed by atoms with Crippen LogP contribution in [0.1, 0.15) is 11.3 Å². The molecule has 25 heavy (non-hydrogen) atoms. The van der Waals surface area contributed by atoms with E-state index >= 15 is 0 Å². The smallest absolute Gasteiger partial charge is 0.228 e. The van der Waals surface area contributed by atoms with E-state index in [1.165, 1.54) is 0 Å². The number of ether oxygens (including phenoxy) is 1. The molecule has 1 aromatic heterocycles. The van der Waals surface area contributed by atoms with E-state index in [0.717, 1.165) is 22.6 Å². The number of nitrogens with one attached hydrogen (secondary N) is 1. The van der Waals surface area contributed by atoms with Crippen LogP contribution in [0.3, 0.4) is 0 Å². The minimum Gasteiger partial charge on any atom is -0.497 e. The third-order valence-corrected chi connectivity index (χ3v) is 3.79. The van der Waals surface area contributed by atoms with Gasteiger partial charge in [0.05, 0.1) is 13.5 Å². The fraction of sp³-hybridized carbons (Fsp3) is 0.150. The van der Waals surface area contributed by atoms with Crippen molar-refractivity contribution in [1.29, 1.82) is 0 Å². The number of hydrogen-bond acceptors (Lipinski definition) is 4. The number of aliphatic hydroxyl groups excluding tert-OH is 1. The van der Waals surface area contributed by atoms with Crippen LogP contribution in [0, 0.1) is 0 Å². The molecule has 0 aliphatic rings. The Morgan fingerprint density at radius 1 is 1.04 bits per heavy atom. The van der Waals surface area contributed by atoms with Gasteiger partial charge in [0.2, 0.25) is 5.91 Å². The third kappa shape index (κ3) is 4.28. The third-order valence-electron chi connectivity index (χ3n) is 3.79. The molecule has 0 fully saturated rings. The van der Waals surface area contributed by atoms with E-state index < -0.39 is 0 Å². The molecule has 5 nitrogen and oxygen atoms in total. The average Bonchev–Trinajstić information content (AvgIpc) is 3.12. The van der Waals surface area contributed by atoms with Crippen molar-refractivity contribution in [2.75, 3.05) is 12.4 Å². The fourth-order valence-electron chi connectivity index (χ4n) is 2.47. The van der Waals surface area contributed by atoms with Crippen molar-refractivity contribution < 1.29 is 19.1 Å². The van der Waals surface area contributed by atoms with Crippen molar-refractivity contribution in [3.8, 4) is 17.1 Å². The Morgan fingerprint density at radius 2 is 1.76 bits per heavy atom. The van der Waals surface area contributed by atoms with Gasteiger partial charge < -0.3 is 19.6 Å². The highest BCUT2D eigenvalue weighted by Gasteiger charge is 2.07. The quantitative estimate of drug-likeness (QED) is 0.720. The Labute approximate surface area is 145 Å². The number of rotatable bonds is 6. The first-order chi connectivity index (χ1) is 12.2. The van der Waals surface area contributed by atoms with E-state index in [2.05, 4.69) is 5.32 Å². The molecule has 0 unspecified atom stereocenters. The monoisotopic (exact) mass is 337 g/mol. The lowest BCUT2D eigenvalue weighted by molar-refractivity contribution is -0.115. The van der Waals surface area contributed by atoms with Gasteiger partial charge in [-0.05, 0) is 54.1 Å². The van der Waals surface area contributed by atoms with E-state index in [1.807, 2.05) is 54.6 Å². The lowest BCUT2D eigenvalue weighted by Crippen LogP contribution is -2.14. The molecule has 1 heterocycles. The number of aliphatic hydroxyl groups is 1. The molecule has 0 aliphatic carbocycles. The summed E-state index contributed by atoms with van der Waals surface area (Å²) in [7, 11) is 1.61. The zero-order valence-electron chi connectivity index (χ0n) is 13.9. The summed E-state index contributed by atoms with van der Waals surface area (Å²) < 4.78 is 10.6. The van der Waals surface area contributed by atoms with Crippen LogP contribution in [0.2, 0.25) is 0 Å². The largest absolute Gasteiger partial charge is 0.497 e. The van der Waals surface area contributed by atoms with Crippen LogP contribution in [-0.2, 0) is 17.8 Å². The SMILES string of the molecule is COc1ccc(CC(=O)Nc2ccc(-c3ccc(CO)o3)cc2)cc1. The van der Waals surface area contributed by atoms with E-state index in [0.29, 0.717) is 17.9 Å². The highest BCUT2D eigenvalue weighted by molar-refractivity contribution is 5.92. The van der Waals surface area contributed by atoms with Gasteiger partial charge in [-0.1, -0.05) is 12.1 Å². The predicted octanol–water partition coefficient (Wildman–Crippen LogP) is 3.63. The number of hydrogen-bond donors (Lipinski definition) is 2. The molecular weight excluding hydrogens is 318 g/mol. The minimum absolute atomic E-state index is 0.0847. The second-order valence-corrected chi connectivity index (χ2v) is 5.57. The van der Waals surface area contributed by atoms with Crippen LogP contribution < -0.4 is 10.1 Å². The number of anilines is 1. The zero-order chi connectivity index (χ0) is 17.6. The van der Waals surface area contributed by atoms with E-state index in [-0.39, 0.29) is 12.5 Å². The summed E-state index contributed by atoms with van der Waals surface area (Å²) in [6.45, 7) is -0.125. The first-order valence-electron chi connectivity index (χ1n) is 7.91. The Balaban J connectivity index is 1.61. The van der Waals surface area contributed by atoms with Gasteiger partial charge in [-0.15, -0.1) is 0 Å². The first kappa shape index (κ1) is 16.8. The molecule has 0 aliphatic heterocycles. The Bertz CT molecular complexity index is 835. The molecular formula is C20H19NO4. The first-order valence-corrected chi connectivity index (χ1v) is 7.91. The van der Waals surface area contributed by atoms with Crippen molar-refractivity contribution in [2.24, 2.45) is 0 Å². The van der Waals surface area contributed by atoms with Crippen LogP contribution in [-0.4, -0.2) is 18.1 Å². The van der Waals surface area contributed by atoms with Crippen LogP contribution in [0.25, 0.3) is 11.3 Å². The summed E-state index contributed by atoms with van der Waals surface area (Å²) in [5, 5.41) is 11.9. The summed E-state index contributed by atoms with van der Waals surface area (Å²) in [6.07, 6.45) is 0.295.